The lowest BCUT2D eigenvalue weighted by atomic mass is 9.90. The molecule has 1 amide bonds. The summed E-state index contributed by atoms with van der Waals surface area (Å²) in [6.45, 7) is 34.7. The Hall–Kier alpha value is -3.54. The molecular weight excluding hydrogens is 558 g/mol. The number of carbonyl (C=O) groups excluding carboxylic acids is 1. The molecule has 0 aromatic heterocycles. The highest BCUT2D eigenvalue weighted by molar-refractivity contribution is 6.02. The average Bonchev–Trinajstić information content (AvgIpc) is 2.97. The van der Waals surface area contributed by atoms with Crippen molar-refractivity contribution in [3.05, 3.63) is 47.2 Å². The van der Waals surface area contributed by atoms with E-state index in [0.29, 0.717) is 12.5 Å². The van der Waals surface area contributed by atoms with Gasteiger partial charge in [0, 0.05) is 31.9 Å². The third-order valence-electron chi connectivity index (χ3n) is 6.00. The van der Waals surface area contributed by atoms with Gasteiger partial charge in [0.2, 0.25) is 6.41 Å². The number of halogens is 2. The number of amidine groups is 1. The molecule has 7 nitrogen and oxygen atoms in total. The van der Waals surface area contributed by atoms with Crippen molar-refractivity contribution in [3.8, 4) is 6.07 Å². The molecule has 0 heterocycles. The maximum absolute atomic E-state index is 15.2. The molecule has 0 bridgehead atoms. The van der Waals surface area contributed by atoms with Crippen molar-refractivity contribution in [1.29, 1.82) is 5.26 Å². The summed E-state index contributed by atoms with van der Waals surface area (Å²) in [7, 11) is 3.35. The van der Waals surface area contributed by atoms with Crippen LogP contribution in [-0.2, 0) is 4.79 Å². The van der Waals surface area contributed by atoms with Crippen molar-refractivity contribution in [2.24, 2.45) is 15.4 Å². The summed E-state index contributed by atoms with van der Waals surface area (Å²) in [5, 5.41) is 9.25. The van der Waals surface area contributed by atoms with Crippen LogP contribution in [0.15, 0.2) is 40.0 Å². The quantitative estimate of drug-likeness (QED) is 0.113. The van der Waals surface area contributed by atoms with Gasteiger partial charge in [0.25, 0.3) is 0 Å². The Morgan fingerprint density at radius 1 is 1.11 bits per heavy atom. The number of rotatable bonds is 10. The highest BCUT2D eigenvalue weighted by Crippen LogP contribution is 2.40. The van der Waals surface area contributed by atoms with Crippen molar-refractivity contribution in [3.63, 3.8) is 0 Å². The topological polar surface area (TPSA) is 75.3 Å². The van der Waals surface area contributed by atoms with Crippen LogP contribution in [0, 0.1) is 28.4 Å². The van der Waals surface area contributed by atoms with E-state index in [9.17, 15) is 14.4 Å². The summed E-state index contributed by atoms with van der Waals surface area (Å²) in [6.07, 6.45) is 4.31. The maximum Gasteiger partial charge on any atom is 0.215 e. The highest BCUT2D eigenvalue weighted by atomic mass is 19.1. The molecule has 0 aliphatic heterocycles. The number of likely N-dealkylation sites (N-methyl/N-ethyl adjacent to an activating group) is 1. The molecule has 9 heteroatoms. The van der Waals surface area contributed by atoms with Gasteiger partial charge in [0.15, 0.2) is 11.6 Å². The number of amides is 1. The molecular formula is C35H60F2N6O. The number of nitrogens with zero attached hydrogens (tertiary/aromatic N) is 6. The molecule has 0 radical (unpaired) electrons. The molecule has 0 aliphatic rings. The smallest absolute Gasteiger partial charge is 0.215 e. The summed E-state index contributed by atoms with van der Waals surface area (Å²) in [4.78, 5) is 23.3. The van der Waals surface area contributed by atoms with Gasteiger partial charge in [-0.15, -0.1) is 0 Å². The number of hydrogen-bond acceptors (Lipinski definition) is 6. The average molecular weight is 619 g/mol. The normalized spacial score (nSPS) is 11.3. The van der Waals surface area contributed by atoms with Crippen LogP contribution < -0.4 is 4.90 Å². The van der Waals surface area contributed by atoms with Gasteiger partial charge in [0.05, 0.1) is 12.2 Å². The second kappa shape index (κ2) is 22.0. The molecule has 0 N–H and O–H groups in total. The molecule has 44 heavy (non-hydrogen) atoms. The third kappa shape index (κ3) is 14.8. The van der Waals surface area contributed by atoms with E-state index in [2.05, 4.69) is 55.9 Å². The minimum Gasteiger partial charge on any atom is -0.358 e. The zero-order valence-electron chi connectivity index (χ0n) is 30.3. The molecule has 1 rings (SSSR count). The second-order valence-electron chi connectivity index (χ2n) is 11.7. The Bertz CT molecular complexity index is 1140. The molecule has 0 saturated heterocycles. The Labute approximate surface area is 268 Å². The van der Waals surface area contributed by atoms with E-state index >= 15 is 4.39 Å². The lowest BCUT2D eigenvalue weighted by Crippen LogP contribution is -2.49. The Balaban J connectivity index is -0.000000936. The third-order valence-corrected chi connectivity index (χ3v) is 6.00. The molecule has 0 fully saturated rings. The number of hydrogen-bond donors (Lipinski definition) is 0. The van der Waals surface area contributed by atoms with Crippen LogP contribution in [0.5, 0.6) is 0 Å². The van der Waals surface area contributed by atoms with Crippen molar-refractivity contribution >= 4 is 30.3 Å². The predicted molar refractivity (Wildman–Crippen MR) is 187 cm³/mol. The van der Waals surface area contributed by atoms with Gasteiger partial charge in [-0.25, -0.2) is 8.78 Å². The van der Waals surface area contributed by atoms with Crippen LogP contribution >= 0.6 is 0 Å². The monoisotopic (exact) mass is 618 g/mol. The van der Waals surface area contributed by atoms with Crippen LogP contribution in [0.2, 0.25) is 0 Å². The number of benzene rings is 1. The molecule has 0 aliphatic carbocycles. The van der Waals surface area contributed by atoms with Crippen molar-refractivity contribution in [2.45, 2.75) is 108 Å². The van der Waals surface area contributed by atoms with Crippen LogP contribution in [0.3, 0.4) is 0 Å². The number of nitriles is 1. The first-order chi connectivity index (χ1) is 20.4. The summed E-state index contributed by atoms with van der Waals surface area (Å²) < 4.78 is 29.8. The van der Waals surface area contributed by atoms with Crippen LogP contribution in [0.1, 0.15) is 108 Å². The highest BCUT2D eigenvalue weighted by Gasteiger charge is 2.32. The second-order valence-corrected chi connectivity index (χ2v) is 11.7. The van der Waals surface area contributed by atoms with Gasteiger partial charge in [0.1, 0.15) is 23.3 Å². The Morgan fingerprint density at radius 2 is 1.64 bits per heavy atom. The van der Waals surface area contributed by atoms with E-state index in [4.69, 9.17) is 0 Å². The van der Waals surface area contributed by atoms with Gasteiger partial charge in [-0.1, -0.05) is 68.0 Å². The zero-order chi connectivity index (χ0) is 35.4. The van der Waals surface area contributed by atoms with Gasteiger partial charge in [-0.05, 0) is 71.2 Å². The van der Waals surface area contributed by atoms with Gasteiger partial charge in [-0.3, -0.25) is 14.8 Å². The Morgan fingerprint density at radius 3 is 1.98 bits per heavy atom. The largest absolute Gasteiger partial charge is 0.358 e. The summed E-state index contributed by atoms with van der Waals surface area (Å²) in [6, 6.07) is 2.60. The van der Waals surface area contributed by atoms with E-state index < -0.39 is 17.2 Å². The number of allylic oxidation sites excluding steroid dienone is 2. The fourth-order valence-corrected chi connectivity index (χ4v) is 3.98. The molecule has 0 atom stereocenters. The summed E-state index contributed by atoms with van der Waals surface area (Å²) in [5.41, 5.74) is 0.815. The van der Waals surface area contributed by atoms with Crippen molar-refractivity contribution < 1.29 is 13.6 Å². The van der Waals surface area contributed by atoms with E-state index in [1.165, 1.54) is 4.90 Å². The molecule has 0 spiro atoms. The number of carbonyl (C=O) groups is 1. The minimum absolute atomic E-state index is 0.0432. The first kappa shape index (κ1) is 44.9. The van der Waals surface area contributed by atoms with Crippen molar-refractivity contribution in [2.75, 3.05) is 32.2 Å². The van der Waals surface area contributed by atoms with E-state index in [1.807, 2.05) is 68.4 Å². The summed E-state index contributed by atoms with van der Waals surface area (Å²) in [5.74, 6) is -0.843. The fraction of sp³-hybridized carbons (Fsp3) is 0.600. The van der Waals surface area contributed by atoms with Crippen LogP contribution in [-0.4, -0.2) is 61.6 Å². The molecule has 250 valence electrons. The number of aliphatic imine (C=N–C) groups is 2. The SMILES string of the molecule is C/C=C(/C)C(=NC)N(C)C=O.C=Nc1c(F)cc(C#N)c(F)c1N(CN(CCC)C(=C)CC(C)(C)C)C(C)(C)C.CC.CC. The molecule has 1 aromatic carbocycles. The number of anilines is 1. The molecule has 0 saturated carbocycles. The lowest BCUT2D eigenvalue weighted by molar-refractivity contribution is -0.114. The first-order valence-corrected chi connectivity index (χ1v) is 15.3. The van der Waals surface area contributed by atoms with Gasteiger partial charge in [-0.2, -0.15) is 5.26 Å². The molecule has 0 unspecified atom stereocenters. The Kier molecular flexibility index (Phi) is 22.5. The van der Waals surface area contributed by atoms with Crippen LogP contribution in [0.4, 0.5) is 20.2 Å². The van der Waals surface area contributed by atoms with E-state index in [0.717, 1.165) is 43.1 Å². The fourth-order valence-electron chi connectivity index (χ4n) is 3.98. The standard InChI is InChI=1S/C23H34F2N4.C8H14N2O.2C2H6/c1-10-11-28(16(2)13-22(3,4)5)15-29(23(6,7)8)21-19(25)17(14-26)12-18(24)20(21)27-9;1-5-7(2)8(9-3)10(4)6-11;2*1-2/h12H,2,9-11,13,15H2,1,3-8H3;5-6H,1-4H3;2*1-2H3/b;7-5-,9-8?;;. The first-order valence-electron chi connectivity index (χ1n) is 15.3. The lowest BCUT2D eigenvalue weighted by Gasteiger charge is -2.43. The van der Waals surface area contributed by atoms with E-state index in [-0.39, 0.29) is 22.4 Å². The zero-order valence-corrected chi connectivity index (χ0v) is 30.3. The van der Waals surface area contributed by atoms with Crippen LogP contribution in [0.25, 0.3) is 0 Å². The van der Waals surface area contributed by atoms with Gasteiger partial charge < -0.3 is 14.7 Å². The van der Waals surface area contributed by atoms with E-state index in [1.54, 1.807) is 25.1 Å². The summed E-state index contributed by atoms with van der Waals surface area (Å²) >= 11 is 0. The maximum atomic E-state index is 15.2. The minimum atomic E-state index is -0.788. The van der Waals surface area contributed by atoms with Gasteiger partial charge >= 0.3 is 0 Å². The predicted octanol–water partition coefficient (Wildman–Crippen LogP) is 9.51. The molecule has 1 aromatic rings. The van der Waals surface area contributed by atoms with Crippen molar-refractivity contribution in [1.82, 2.24) is 9.80 Å².